The lowest BCUT2D eigenvalue weighted by Gasteiger charge is -2.23. The molecule has 3 heterocycles. The van der Waals surface area contributed by atoms with E-state index in [1.54, 1.807) is 6.92 Å². The first-order valence-electron chi connectivity index (χ1n) is 9.40. The molecule has 144 valence electrons. The second-order valence-corrected chi connectivity index (χ2v) is 7.07. The van der Waals surface area contributed by atoms with Crippen molar-refractivity contribution in [2.75, 3.05) is 11.4 Å². The Balaban J connectivity index is 1.84. The monoisotopic (exact) mass is 378 g/mol. The maximum absolute atomic E-state index is 11.9. The van der Waals surface area contributed by atoms with Gasteiger partial charge in [-0.15, -0.1) is 0 Å². The number of Topliss-reactive ketones (excluding diaryl/α,β-unsaturated/α-hetero) is 1. The fourth-order valence-electron chi connectivity index (χ4n) is 3.58. The van der Waals surface area contributed by atoms with E-state index in [9.17, 15) is 9.59 Å². The maximum atomic E-state index is 11.9. The first-order valence-corrected chi connectivity index (χ1v) is 9.40. The van der Waals surface area contributed by atoms with Gasteiger partial charge in [0.05, 0.1) is 0 Å². The zero-order chi connectivity index (χ0) is 19.7. The van der Waals surface area contributed by atoms with E-state index in [4.69, 9.17) is 10.7 Å². The SMILES string of the molecule is CC(=O)CCc1nc2nc(-c3ccccc3)nc(N3CCC[C@H]3C(N)=O)c2[nH]1. The van der Waals surface area contributed by atoms with Crippen LogP contribution in [0.1, 0.15) is 32.0 Å². The molecule has 0 spiro atoms. The fourth-order valence-corrected chi connectivity index (χ4v) is 3.58. The summed E-state index contributed by atoms with van der Waals surface area (Å²) in [6.45, 7) is 2.25. The number of rotatable bonds is 6. The molecule has 0 saturated carbocycles. The molecule has 1 saturated heterocycles. The third kappa shape index (κ3) is 3.45. The molecule has 8 heteroatoms. The number of ketones is 1. The maximum Gasteiger partial charge on any atom is 0.240 e. The summed E-state index contributed by atoms with van der Waals surface area (Å²) < 4.78 is 0. The van der Waals surface area contributed by atoms with Crippen molar-refractivity contribution < 1.29 is 9.59 Å². The van der Waals surface area contributed by atoms with Crippen molar-refractivity contribution in [3.8, 4) is 11.4 Å². The van der Waals surface area contributed by atoms with Gasteiger partial charge < -0.3 is 20.4 Å². The van der Waals surface area contributed by atoms with Gasteiger partial charge in [0.1, 0.15) is 23.2 Å². The first kappa shape index (κ1) is 18.1. The fraction of sp³-hybridized carbons (Fsp3) is 0.350. The summed E-state index contributed by atoms with van der Waals surface area (Å²) >= 11 is 0. The van der Waals surface area contributed by atoms with Crippen LogP contribution in [0.25, 0.3) is 22.6 Å². The average molecular weight is 378 g/mol. The van der Waals surface area contributed by atoms with E-state index in [-0.39, 0.29) is 11.7 Å². The molecular formula is C20H22N6O2. The Bertz CT molecular complexity index is 1030. The van der Waals surface area contributed by atoms with Gasteiger partial charge in [-0.1, -0.05) is 30.3 Å². The summed E-state index contributed by atoms with van der Waals surface area (Å²) in [4.78, 5) is 42.4. The van der Waals surface area contributed by atoms with E-state index >= 15 is 0 Å². The Morgan fingerprint density at radius 3 is 2.71 bits per heavy atom. The smallest absolute Gasteiger partial charge is 0.240 e. The highest BCUT2D eigenvalue weighted by atomic mass is 16.1. The summed E-state index contributed by atoms with van der Waals surface area (Å²) in [5, 5.41) is 0. The minimum Gasteiger partial charge on any atom is -0.368 e. The predicted octanol–water partition coefficient (Wildman–Crippen LogP) is 2.00. The number of anilines is 1. The number of aromatic amines is 1. The van der Waals surface area contributed by atoms with Crippen LogP contribution >= 0.6 is 0 Å². The second-order valence-electron chi connectivity index (χ2n) is 7.07. The molecule has 8 nitrogen and oxygen atoms in total. The largest absolute Gasteiger partial charge is 0.368 e. The second kappa shape index (κ2) is 7.38. The van der Waals surface area contributed by atoms with Crippen molar-refractivity contribution in [2.45, 2.75) is 38.6 Å². The Hall–Kier alpha value is -3.29. The molecule has 1 fully saturated rings. The third-order valence-electron chi connectivity index (χ3n) is 4.98. The van der Waals surface area contributed by atoms with Crippen molar-refractivity contribution in [2.24, 2.45) is 5.73 Å². The van der Waals surface area contributed by atoms with Crippen LogP contribution in [0.5, 0.6) is 0 Å². The molecule has 4 rings (SSSR count). The van der Waals surface area contributed by atoms with Crippen LogP contribution < -0.4 is 10.6 Å². The number of fused-ring (bicyclic) bond motifs is 1. The van der Waals surface area contributed by atoms with E-state index in [2.05, 4.69) is 15.0 Å². The first-order chi connectivity index (χ1) is 13.5. The molecule has 0 radical (unpaired) electrons. The van der Waals surface area contributed by atoms with E-state index in [1.807, 2.05) is 35.2 Å². The summed E-state index contributed by atoms with van der Waals surface area (Å²) in [7, 11) is 0. The van der Waals surface area contributed by atoms with Gasteiger partial charge in [-0.2, -0.15) is 0 Å². The number of hydrogen-bond donors (Lipinski definition) is 2. The molecule has 2 aromatic heterocycles. The normalized spacial score (nSPS) is 16.6. The Morgan fingerprint density at radius 2 is 2.00 bits per heavy atom. The summed E-state index contributed by atoms with van der Waals surface area (Å²) in [6, 6.07) is 9.25. The molecule has 3 N–H and O–H groups in total. The van der Waals surface area contributed by atoms with Crippen molar-refractivity contribution in [3.05, 3.63) is 36.2 Å². The number of carbonyl (C=O) groups is 2. The van der Waals surface area contributed by atoms with E-state index in [0.717, 1.165) is 12.0 Å². The summed E-state index contributed by atoms with van der Waals surface area (Å²) in [5.41, 5.74) is 7.68. The lowest BCUT2D eigenvalue weighted by Crippen LogP contribution is -2.41. The number of H-pyrrole nitrogens is 1. The highest BCUT2D eigenvalue weighted by Crippen LogP contribution is 2.31. The van der Waals surface area contributed by atoms with Crippen molar-refractivity contribution in [3.63, 3.8) is 0 Å². The minimum absolute atomic E-state index is 0.102. The van der Waals surface area contributed by atoms with E-state index < -0.39 is 6.04 Å². The van der Waals surface area contributed by atoms with Crippen LogP contribution in [0.3, 0.4) is 0 Å². The van der Waals surface area contributed by atoms with Crippen molar-refractivity contribution in [1.29, 1.82) is 0 Å². The Morgan fingerprint density at radius 1 is 1.21 bits per heavy atom. The molecule has 28 heavy (non-hydrogen) atoms. The van der Waals surface area contributed by atoms with Crippen LogP contribution in [0, 0.1) is 0 Å². The lowest BCUT2D eigenvalue weighted by atomic mass is 10.2. The molecule has 0 aliphatic carbocycles. The van der Waals surface area contributed by atoms with Gasteiger partial charge in [-0.05, 0) is 19.8 Å². The number of aromatic nitrogens is 4. The van der Waals surface area contributed by atoms with Gasteiger partial charge in [0.25, 0.3) is 0 Å². The van der Waals surface area contributed by atoms with Gasteiger partial charge in [0, 0.05) is 24.9 Å². The number of benzene rings is 1. The van der Waals surface area contributed by atoms with Crippen LogP contribution in [0.4, 0.5) is 5.82 Å². The molecule has 0 unspecified atom stereocenters. The molecular weight excluding hydrogens is 356 g/mol. The van der Waals surface area contributed by atoms with Crippen LogP contribution in [-0.4, -0.2) is 44.2 Å². The van der Waals surface area contributed by atoms with Crippen LogP contribution in [0.2, 0.25) is 0 Å². The molecule has 0 bridgehead atoms. The third-order valence-corrected chi connectivity index (χ3v) is 4.98. The number of primary amides is 1. The lowest BCUT2D eigenvalue weighted by molar-refractivity contribution is -0.119. The van der Waals surface area contributed by atoms with E-state index in [0.29, 0.717) is 54.4 Å². The van der Waals surface area contributed by atoms with Gasteiger partial charge in [0.2, 0.25) is 5.91 Å². The number of carbonyl (C=O) groups excluding carboxylic acids is 2. The topological polar surface area (TPSA) is 118 Å². The number of amides is 1. The number of aryl methyl sites for hydroxylation is 1. The quantitative estimate of drug-likeness (QED) is 0.677. The van der Waals surface area contributed by atoms with Crippen LogP contribution in [0.15, 0.2) is 30.3 Å². The standard InChI is InChI=1S/C20H22N6O2/c1-12(27)9-10-15-22-16-19(23-15)24-18(13-6-3-2-4-7-13)25-20(16)26-11-5-8-14(26)17(21)28/h2-4,6-7,14H,5,8-11H2,1H3,(H2,21,28)(H,22,23,24,25)/t14-/m0/s1. The average Bonchev–Trinajstić information content (AvgIpc) is 3.33. The Labute approximate surface area is 162 Å². The van der Waals surface area contributed by atoms with Crippen LogP contribution in [-0.2, 0) is 16.0 Å². The summed E-state index contributed by atoms with van der Waals surface area (Å²) in [6.07, 6.45) is 2.48. The minimum atomic E-state index is -0.398. The zero-order valence-electron chi connectivity index (χ0n) is 15.7. The van der Waals surface area contributed by atoms with Crippen molar-refractivity contribution >= 4 is 28.7 Å². The molecule has 1 amide bonds. The molecule has 1 aliphatic rings. The molecule has 3 aromatic rings. The highest BCUT2D eigenvalue weighted by Gasteiger charge is 2.32. The molecule has 1 aliphatic heterocycles. The number of nitrogens with one attached hydrogen (secondary N) is 1. The van der Waals surface area contributed by atoms with Gasteiger partial charge >= 0.3 is 0 Å². The predicted molar refractivity (Wildman–Crippen MR) is 106 cm³/mol. The zero-order valence-corrected chi connectivity index (χ0v) is 15.7. The number of hydrogen-bond acceptors (Lipinski definition) is 6. The summed E-state index contributed by atoms with van der Waals surface area (Å²) in [5.74, 6) is 1.60. The highest BCUT2D eigenvalue weighted by molar-refractivity contribution is 5.90. The van der Waals surface area contributed by atoms with Crippen molar-refractivity contribution in [1.82, 2.24) is 19.9 Å². The number of nitrogens with zero attached hydrogens (tertiary/aromatic N) is 4. The van der Waals surface area contributed by atoms with Gasteiger partial charge in [-0.3, -0.25) is 4.79 Å². The number of nitrogens with two attached hydrogens (primary N) is 1. The Kier molecular flexibility index (Phi) is 4.77. The van der Waals surface area contributed by atoms with Gasteiger partial charge in [-0.25, -0.2) is 15.0 Å². The molecule has 1 aromatic carbocycles. The van der Waals surface area contributed by atoms with Gasteiger partial charge in [0.15, 0.2) is 17.3 Å². The molecule has 1 atom stereocenters. The number of imidazole rings is 1. The van der Waals surface area contributed by atoms with E-state index in [1.165, 1.54) is 0 Å².